The van der Waals surface area contributed by atoms with Gasteiger partial charge in [0.05, 0.1) is 24.5 Å². The first kappa shape index (κ1) is 20.0. The van der Waals surface area contributed by atoms with Crippen LogP contribution in [0.1, 0.15) is 35.5 Å². The number of fused-ring (bicyclic) bond motifs is 1. The van der Waals surface area contributed by atoms with Gasteiger partial charge in [0.15, 0.2) is 5.82 Å². The number of carbonyl (C=O) groups excluding carboxylic acids is 2. The van der Waals surface area contributed by atoms with Crippen molar-refractivity contribution in [1.29, 1.82) is 0 Å². The normalized spacial score (nSPS) is 17.5. The molecule has 0 aromatic carbocycles. The van der Waals surface area contributed by atoms with Crippen LogP contribution in [0.3, 0.4) is 0 Å². The molecule has 2 aromatic rings. The summed E-state index contributed by atoms with van der Waals surface area (Å²) in [7, 11) is -3.82. The molecular weight excluding hydrogens is 420 g/mol. The summed E-state index contributed by atoms with van der Waals surface area (Å²) in [5.74, 6) is -0.348. The number of anilines is 1. The van der Waals surface area contributed by atoms with E-state index in [-0.39, 0.29) is 42.8 Å². The number of amides is 2. The molecule has 2 amide bonds. The second-order valence-corrected chi connectivity index (χ2v) is 9.82. The van der Waals surface area contributed by atoms with Crippen LogP contribution in [0.2, 0.25) is 0 Å². The van der Waals surface area contributed by atoms with E-state index in [1.165, 1.54) is 11.3 Å². The van der Waals surface area contributed by atoms with Crippen molar-refractivity contribution in [2.24, 2.45) is 0 Å². The molecular formula is C17H20N4O6S2. The van der Waals surface area contributed by atoms with E-state index in [1.807, 2.05) is 0 Å². The van der Waals surface area contributed by atoms with Crippen molar-refractivity contribution in [1.82, 2.24) is 15.0 Å². The molecule has 2 aliphatic heterocycles. The first-order valence-corrected chi connectivity index (χ1v) is 11.7. The number of aryl methyl sites for hydroxylation is 1. The summed E-state index contributed by atoms with van der Waals surface area (Å²) >= 11 is 1.26. The lowest BCUT2D eigenvalue weighted by Gasteiger charge is -2.24. The van der Waals surface area contributed by atoms with Gasteiger partial charge in [-0.1, -0.05) is 5.16 Å². The fraction of sp³-hybridized carbons (Fsp3) is 0.529. The maximum atomic E-state index is 12.7. The zero-order chi connectivity index (χ0) is 20.6. The zero-order valence-corrected chi connectivity index (χ0v) is 17.4. The summed E-state index contributed by atoms with van der Waals surface area (Å²) in [6, 6.07) is 0. The fourth-order valence-electron chi connectivity index (χ4n) is 3.38. The number of thiophene rings is 1. The van der Waals surface area contributed by atoms with E-state index >= 15 is 0 Å². The van der Waals surface area contributed by atoms with Crippen LogP contribution in [0.4, 0.5) is 5.00 Å². The monoisotopic (exact) mass is 440 g/mol. The minimum Gasteiger partial charge on any atom is -0.376 e. The zero-order valence-electron chi connectivity index (χ0n) is 15.8. The lowest BCUT2D eigenvalue weighted by Crippen LogP contribution is -2.43. The summed E-state index contributed by atoms with van der Waals surface area (Å²) in [5.41, 5.74) is 1.51. The average Bonchev–Trinajstić information content (AvgIpc) is 3.23. The Morgan fingerprint density at radius 1 is 1.21 bits per heavy atom. The van der Waals surface area contributed by atoms with Crippen molar-refractivity contribution in [3.8, 4) is 11.5 Å². The SMILES string of the molecule is Cc1noc(-c2c(NS(=O)(=O)CCN3C(=O)CCCC3=O)sc3c2CCOC3)n1. The number of ether oxygens (including phenoxy) is 1. The number of rotatable bonds is 6. The van der Waals surface area contributed by atoms with Crippen molar-refractivity contribution in [3.63, 3.8) is 0 Å². The molecule has 29 heavy (non-hydrogen) atoms. The number of nitrogens with one attached hydrogen (secondary N) is 1. The third-order valence-corrected chi connectivity index (χ3v) is 7.26. The third kappa shape index (κ3) is 4.19. The number of likely N-dealkylation sites (tertiary alicyclic amines) is 1. The number of sulfonamides is 1. The standard InChI is InChI=1S/C17H20N4O6S2/c1-10-18-16(27-19-10)15-11-5-7-26-9-12(11)28-17(15)20-29(24,25)8-6-21-13(22)3-2-4-14(21)23/h20H,2-9H2,1H3. The number of imide groups is 1. The molecule has 10 nitrogen and oxygen atoms in total. The molecule has 0 aliphatic carbocycles. The van der Waals surface area contributed by atoms with Crippen LogP contribution < -0.4 is 4.72 Å². The molecule has 0 radical (unpaired) electrons. The van der Waals surface area contributed by atoms with Crippen molar-refractivity contribution in [2.75, 3.05) is 23.6 Å². The molecule has 0 atom stereocenters. The van der Waals surface area contributed by atoms with Gasteiger partial charge in [0.2, 0.25) is 21.8 Å². The van der Waals surface area contributed by atoms with Crippen LogP contribution in [0.25, 0.3) is 11.5 Å². The molecule has 156 valence electrons. The van der Waals surface area contributed by atoms with Gasteiger partial charge < -0.3 is 9.26 Å². The van der Waals surface area contributed by atoms with Gasteiger partial charge in [0.1, 0.15) is 5.00 Å². The summed E-state index contributed by atoms with van der Waals surface area (Å²) in [6.45, 7) is 2.43. The lowest BCUT2D eigenvalue weighted by molar-refractivity contribution is -0.147. The van der Waals surface area contributed by atoms with Gasteiger partial charge in [0.25, 0.3) is 5.89 Å². The van der Waals surface area contributed by atoms with Gasteiger partial charge in [0, 0.05) is 24.3 Å². The number of piperidine rings is 1. The Morgan fingerprint density at radius 3 is 2.66 bits per heavy atom. The quantitative estimate of drug-likeness (QED) is 0.668. The fourth-order valence-corrected chi connectivity index (χ4v) is 5.87. The van der Waals surface area contributed by atoms with Crippen molar-refractivity contribution >= 4 is 38.2 Å². The lowest BCUT2D eigenvalue weighted by atomic mass is 10.1. The maximum absolute atomic E-state index is 12.7. The molecule has 1 fully saturated rings. The molecule has 4 rings (SSSR count). The highest BCUT2D eigenvalue weighted by Gasteiger charge is 2.30. The van der Waals surface area contributed by atoms with Crippen LogP contribution in [0.15, 0.2) is 4.52 Å². The summed E-state index contributed by atoms with van der Waals surface area (Å²) in [6.07, 6.45) is 1.64. The Morgan fingerprint density at radius 2 is 1.97 bits per heavy atom. The summed E-state index contributed by atoms with van der Waals surface area (Å²) in [4.78, 5) is 30.0. The average molecular weight is 441 g/mol. The summed E-state index contributed by atoms with van der Waals surface area (Å²) in [5, 5.41) is 4.18. The topological polar surface area (TPSA) is 132 Å². The Balaban J connectivity index is 1.57. The van der Waals surface area contributed by atoms with Gasteiger partial charge in [-0.3, -0.25) is 19.2 Å². The molecule has 0 saturated carbocycles. The van der Waals surface area contributed by atoms with E-state index in [2.05, 4.69) is 14.9 Å². The highest BCUT2D eigenvalue weighted by Crippen LogP contribution is 2.42. The summed E-state index contributed by atoms with van der Waals surface area (Å²) < 4.78 is 38.7. The van der Waals surface area contributed by atoms with E-state index in [4.69, 9.17) is 9.26 Å². The number of carbonyl (C=O) groups is 2. The van der Waals surface area contributed by atoms with Crippen LogP contribution in [-0.2, 0) is 37.4 Å². The first-order valence-electron chi connectivity index (χ1n) is 9.21. The second kappa shape index (κ2) is 7.84. The number of aromatic nitrogens is 2. The molecule has 4 heterocycles. The van der Waals surface area contributed by atoms with Crippen molar-refractivity contribution in [2.45, 2.75) is 39.2 Å². The predicted molar refractivity (Wildman–Crippen MR) is 104 cm³/mol. The molecule has 12 heteroatoms. The van der Waals surface area contributed by atoms with E-state index in [0.717, 1.165) is 15.3 Å². The van der Waals surface area contributed by atoms with Gasteiger partial charge in [-0.2, -0.15) is 4.98 Å². The van der Waals surface area contributed by atoms with Gasteiger partial charge >= 0.3 is 0 Å². The van der Waals surface area contributed by atoms with Gasteiger partial charge in [-0.05, 0) is 25.3 Å². The van der Waals surface area contributed by atoms with E-state index < -0.39 is 10.0 Å². The van der Waals surface area contributed by atoms with Crippen LogP contribution in [0.5, 0.6) is 0 Å². The molecule has 1 saturated heterocycles. The predicted octanol–water partition coefficient (Wildman–Crippen LogP) is 1.46. The Labute approximate surface area is 171 Å². The van der Waals surface area contributed by atoms with Crippen LogP contribution >= 0.6 is 11.3 Å². The van der Waals surface area contributed by atoms with Crippen molar-refractivity contribution in [3.05, 3.63) is 16.3 Å². The molecule has 2 aliphatic rings. The highest BCUT2D eigenvalue weighted by molar-refractivity contribution is 7.92. The first-order chi connectivity index (χ1) is 13.8. The van der Waals surface area contributed by atoms with Gasteiger partial charge in [-0.25, -0.2) is 8.42 Å². The number of hydrogen-bond acceptors (Lipinski definition) is 9. The van der Waals surface area contributed by atoms with Crippen molar-refractivity contribution < 1.29 is 27.3 Å². The van der Waals surface area contributed by atoms with Crippen LogP contribution in [0, 0.1) is 6.92 Å². The Hall–Kier alpha value is -2.31. The molecule has 2 aromatic heterocycles. The van der Waals surface area contributed by atoms with Gasteiger partial charge in [-0.15, -0.1) is 11.3 Å². The van der Waals surface area contributed by atoms with E-state index in [9.17, 15) is 18.0 Å². The third-order valence-electron chi connectivity index (χ3n) is 4.78. The highest BCUT2D eigenvalue weighted by atomic mass is 32.2. The molecule has 0 bridgehead atoms. The number of hydrogen-bond donors (Lipinski definition) is 1. The van der Waals surface area contributed by atoms with E-state index in [1.54, 1.807) is 6.92 Å². The molecule has 0 unspecified atom stereocenters. The Kier molecular flexibility index (Phi) is 5.40. The molecule has 0 spiro atoms. The molecule has 1 N–H and O–H groups in total. The minimum atomic E-state index is -3.82. The maximum Gasteiger partial charge on any atom is 0.261 e. The van der Waals surface area contributed by atoms with E-state index in [0.29, 0.717) is 42.4 Å². The Bertz CT molecular complexity index is 1040. The smallest absolute Gasteiger partial charge is 0.261 e. The number of nitrogens with zero attached hydrogens (tertiary/aromatic N) is 3. The second-order valence-electron chi connectivity index (χ2n) is 6.87. The van der Waals surface area contributed by atoms with Crippen LogP contribution in [-0.4, -0.2) is 54.2 Å². The minimum absolute atomic E-state index is 0.170. The largest absolute Gasteiger partial charge is 0.376 e.